The van der Waals surface area contributed by atoms with Gasteiger partial charge in [0.15, 0.2) is 0 Å². The minimum Gasteiger partial charge on any atom is -0.391 e. The summed E-state index contributed by atoms with van der Waals surface area (Å²) >= 11 is 11.7. The lowest BCUT2D eigenvalue weighted by Crippen LogP contribution is -2.32. The third-order valence-electron chi connectivity index (χ3n) is 3.66. The molecule has 1 aliphatic rings. The number of hydrogen-bond donors (Lipinski definition) is 2. The molecule has 0 amide bonds. The summed E-state index contributed by atoms with van der Waals surface area (Å²) in [6, 6.07) is 2.06. The molecule has 0 aliphatic heterocycles. The second-order valence-electron chi connectivity index (χ2n) is 4.82. The van der Waals surface area contributed by atoms with Crippen LogP contribution in [0.3, 0.4) is 0 Å². The van der Waals surface area contributed by atoms with E-state index in [9.17, 15) is 9.50 Å². The van der Waals surface area contributed by atoms with Crippen molar-refractivity contribution in [1.29, 1.82) is 0 Å². The second kappa shape index (κ2) is 7.09. The summed E-state index contributed by atoms with van der Waals surface area (Å²) in [6.45, 7) is 0. The summed E-state index contributed by atoms with van der Waals surface area (Å²) < 4.78 is 14.0. The lowest BCUT2D eigenvalue weighted by molar-refractivity contribution is 0.0833. The van der Waals surface area contributed by atoms with E-state index < -0.39 is 18.0 Å². The molecule has 1 saturated carbocycles. The van der Waals surface area contributed by atoms with Crippen molar-refractivity contribution in [3.05, 3.63) is 33.6 Å². The van der Waals surface area contributed by atoms with E-state index in [0.29, 0.717) is 0 Å². The third-order valence-corrected chi connectivity index (χ3v) is 4.29. The molecule has 1 fully saturated rings. The number of hydrogen-bond acceptors (Lipinski definition) is 2. The molecule has 0 unspecified atom stereocenters. The monoisotopic (exact) mass is 327 g/mol. The molecule has 2 atom stereocenters. The van der Waals surface area contributed by atoms with E-state index in [1.807, 2.05) is 0 Å². The molecule has 108 valence electrons. The van der Waals surface area contributed by atoms with Gasteiger partial charge in [-0.15, -0.1) is 12.4 Å². The Bertz CT molecular complexity index is 438. The van der Waals surface area contributed by atoms with Crippen molar-refractivity contribution >= 4 is 35.6 Å². The molecule has 1 aromatic rings. The van der Waals surface area contributed by atoms with Crippen LogP contribution in [0, 0.1) is 11.7 Å². The highest BCUT2D eigenvalue weighted by molar-refractivity contribution is 6.33. The number of nitrogens with two attached hydrogens (primary N) is 1. The fourth-order valence-corrected chi connectivity index (χ4v) is 3.05. The Labute approximate surface area is 128 Å². The Morgan fingerprint density at radius 3 is 2.32 bits per heavy atom. The van der Waals surface area contributed by atoms with E-state index in [-0.39, 0.29) is 33.9 Å². The molecule has 0 spiro atoms. The van der Waals surface area contributed by atoms with Gasteiger partial charge in [0.1, 0.15) is 5.82 Å². The smallest absolute Gasteiger partial charge is 0.148 e. The molecule has 1 aliphatic carbocycles. The van der Waals surface area contributed by atoms with Gasteiger partial charge in [-0.1, -0.05) is 36.0 Å². The van der Waals surface area contributed by atoms with Gasteiger partial charge in [0.2, 0.25) is 0 Å². The average molecular weight is 329 g/mol. The van der Waals surface area contributed by atoms with Gasteiger partial charge in [-0.05, 0) is 30.9 Å². The highest BCUT2D eigenvalue weighted by atomic mass is 35.5. The van der Waals surface area contributed by atoms with Gasteiger partial charge in [0.25, 0.3) is 0 Å². The highest BCUT2D eigenvalue weighted by Crippen LogP contribution is 2.36. The highest BCUT2D eigenvalue weighted by Gasteiger charge is 2.31. The Balaban J connectivity index is 0.00000180. The first kappa shape index (κ1) is 17.0. The maximum absolute atomic E-state index is 14.0. The Hall–Kier alpha value is -0.0600. The van der Waals surface area contributed by atoms with Crippen molar-refractivity contribution in [3.63, 3.8) is 0 Å². The van der Waals surface area contributed by atoms with E-state index in [1.54, 1.807) is 0 Å². The van der Waals surface area contributed by atoms with Gasteiger partial charge in [0.05, 0.1) is 17.2 Å². The van der Waals surface area contributed by atoms with Crippen LogP contribution in [-0.4, -0.2) is 11.2 Å². The van der Waals surface area contributed by atoms with Crippen LogP contribution in [0.4, 0.5) is 4.39 Å². The van der Waals surface area contributed by atoms with Crippen LogP contribution in [-0.2, 0) is 0 Å². The Morgan fingerprint density at radius 2 is 1.74 bits per heavy atom. The maximum Gasteiger partial charge on any atom is 0.148 e. The van der Waals surface area contributed by atoms with Crippen LogP contribution in [0.5, 0.6) is 0 Å². The van der Waals surface area contributed by atoms with E-state index in [0.717, 1.165) is 25.7 Å². The van der Waals surface area contributed by atoms with Crippen LogP contribution in [0.1, 0.15) is 37.3 Å². The normalized spacial score (nSPS) is 19.0. The van der Waals surface area contributed by atoms with Crippen LogP contribution >= 0.6 is 35.6 Å². The first-order chi connectivity index (χ1) is 8.52. The summed E-state index contributed by atoms with van der Waals surface area (Å²) in [7, 11) is 0. The lowest BCUT2D eigenvalue weighted by Gasteiger charge is -2.25. The lowest BCUT2D eigenvalue weighted by atomic mass is 9.90. The van der Waals surface area contributed by atoms with Crippen LogP contribution in [0.15, 0.2) is 12.1 Å². The number of aliphatic hydroxyl groups excluding tert-OH is 1. The van der Waals surface area contributed by atoms with E-state index in [1.165, 1.54) is 12.1 Å². The molecule has 1 aromatic carbocycles. The second-order valence-corrected chi connectivity index (χ2v) is 5.63. The molecule has 2 rings (SSSR count). The quantitative estimate of drug-likeness (QED) is 0.820. The summed E-state index contributed by atoms with van der Waals surface area (Å²) in [5.41, 5.74) is 6.07. The summed E-state index contributed by atoms with van der Waals surface area (Å²) in [6.07, 6.45) is 3.24. The molecular weight excluding hydrogens is 312 g/mol. The molecule has 3 N–H and O–H groups in total. The molecule has 0 saturated heterocycles. The van der Waals surface area contributed by atoms with Crippen LogP contribution in [0.2, 0.25) is 10.0 Å². The predicted molar refractivity (Wildman–Crippen MR) is 78.6 cm³/mol. The number of halogens is 4. The number of rotatable bonds is 3. The molecule has 19 heavy (non-hydrogen) atoms. The zero-order valence-corrected chi connectivity index (χ0v) is 12.6. The molecule has 0 heterocycles. The maximum atomic E-state index is 14.0. The predicted octanol–water partition coefficient (Wildman–Crippen LogP) is 4.11. The van der Waals surface area contributed by atoms with Crippen molar-refractivity contribution in [1.82, 2.24) is 0 Å². The van der Waals surface area contributed by atoms with Crippen LogP contribution < -0.4 is 5.73 Å². The zero-order chi connectivity index (χ0) is 13.3. The topological polar surface area (TPSA) is 46.2 Å². The van der Waals surface area contributed by atoms with Gasteiger partial charge in [-0.3, -0.25) is 0 Å². The van der Waals surface area contributed by atoms with Crippen molar-refractivity contribution in [3.8, 4) is 0 Å². The van der Waals surface area contributed by atoms with Crippen molar-refractivity contribution in [2.45, 2.75) is 37.8 Å². The fourth-order valence-electron chi connectivity index (χ4n) is 2.61. The third kappa shape index (κ3) is 3.53. The molecular formula is C13H17Cl3FNO. The van der Waals surface area contributed by atoms with E-state index >= 15 is 0 Å². The molecule has 6 heteroatoms. The molecule has 2 nitrogen and oxygen atoms in total. The van der Waals surface area contributed by atoms with Crippen LogP contribution in [0.25, 0.3) is 0 Å². The SMILES string of the molecule is Cl.N[C@@H](c1c(Cl)ccc(Cl)c1F)[C@H](O)C1CCCC1. The zero-order valence-electron chi connectivity index (χ0n) is 10.3. The van der Waals surface area contributed by atoms with Crippen molar-refractivity contribution in [2.24, 2.45) is 11.7 Å². The number of aliphatic hydroxyl groups is 1. The standard InChI is InChI=1S/C13H16Cl2FNO.ClH/c14-8-5-6-9(15)11(16)10(8)12(17)13(18)7-3-1-2-4-7;/h5-7,12-13,18H,1-4,17H2;1H/t12-,13+;/m0./s1. The summed E-state index contributed by atoms with van der Waals surface area (Å²) in [4.78, 5) is 0. The average Bonchev–Trinajstić information content (AvgIpc) is 2.87. The summed E-state index contributed by atoms with van der Waals surface area (Å²) in [5.74, 6) is -0.511. The summed E-state index contributed by atoms with van der Waals surface area (Å²) in [5, 5.41) is 10.4. The van der Waals surface area contributed by atoms with E-state index in [4.69, 9.17) is 28.9 Å². The van der Waals surface area contributed by atoms with Gasteiger partial charge in [-0.25, -0.2) is 4.39 Å². The van der Waals surface area contributed by atoms with Gasteiger partial charge in [0, 0.05) is 10.6 Å². The van der Waals surface area contributed by atoms with E-state index in [2.05, 4.69) is 0 Å². The van der Waals surface area contributed by atoms with Gasteiger partial charge < -0.3 is 10.8 Å². The molecule has 0 aromatic heterocycles. The van der Waals surface area contributed by atoms with Crippen molar-refractivity contribution in [2.75, 3.05) is 0 Å². The first-order valence-electron chi connectivity index (χ1n) is 6.09. The molecule has 0 bridgehead atoms. The minimum atomic E-state index is -0.834. The first-order valence-corrected chi connectivity index (χ1v) is 6.85. The minimum absolute atomic E-state index is 0. The Morgan fingerprint density at radius 1 is 1.21 bits per heavy atom. The fraction of sp³-hybridized carbons (Fsp3) is 0.538. The van der Waals surface area contributed by atoms with Gasteiger partial charge >= 0.3 is 0 Å². The van der Waals surface area contributed by atoms with Crippen molar-refractivity contribution < 1.29 is 9.50 Å². The molecule has 0 radical (unpaired) electrons. The van der Waals surface area contributed by atoms with Gasteiger partial charge in [-0.2, -0.15) is 0 Å². The largest absolute Gasteiger partial charge is 0.391 e. The Kier molecular flexibility index (Phi) is 6.34. The number of benzene rings is 1.